The molecule has 0 amide bonds. The van der Waals surface area contributed by atoms with Crippen LogP contribution in [0.5, 0.6) is 11.6 Å². The topological polar surface area (TPSA) is 80.7 Å². The number of nitrogens with zero attached hydrogens (tertiary/aromatic N) is 2. The van der Waals surface area contributed by atoms with Crippen LogP contribution in [0.1, 0.15) is 16.8 Å². The molecule has 0 fully saturated rings. The molecule has 0 unspecified atom stereocenters. The lowest BCUT2D eigenvalue weighted by atomic mass is 10.2. The highest BCUT2D eigenvalue weighted by atomic mass is 19.1. The molecule has 1 heterocycles. The number of amidine groups is 1. The van der Waals surface area contributed by atoms with Gasteiger partial charge in [-0.25, -0.2) is 9.37 Å². The Bertz CT molecular complexity index is 671. The molecule has 2 rings (SSSR count). The molecular formula is C14H14FN3O2. The number of rotatable bonds is 3. The Morgan fingerprint density at radius 1 is 1.30 bits per heavy atom. The zero-order chi connectivity index (χ0) is 14.7. The number of aryl methyl sites for hydroxylation is 2. The van der Waals surface area contributed by atoms with Gasteiger partial charge in [0.2, 0.25) is 5.88 Å². The molecule has 3 N–H and O–H groups in total. The first kappa shape index (κ1) is 13.8. The molecule has 6 heteroatoms. The fourth-order valence-electron chi connectivity index (χ4n) is 1.65. The second kappa shape index (κ2) is 5.56. The van der Waals surface area contributed by atoms with Gasteiger partial charge < -0.3 is 15.7 Å². The normalized spacial score (nSPS) is 11.4. The first-order valence-electron chi connectivity index (χ1n) is 5.90. The summed E-state index contributed by atoms with van der Waals surface area (Å²) in [5, 5.41) is 11.6. The zero-order valence-electron chi connectivity index (χ0n) is 11.1. The van der Waals surface area contributed by atoms with Gasteiger partial charge >= 0.3 is 0 Å². The minimum absolute atomic E-state index is 0.0459. The highest BCUT2D eigenvalue weighted by Gasteiger charge is 2.07. The molecule has 2 aromatic rings. The molecule has 0 aliphatic rings. The van der Waals surface area contributed by atoms with Crippen molar-refractivity contribution >= 4 is 5.84 Å². The van der Waals surface area contributed by atoms with E-state index < -0.39 is 0 Å². The summed E-state index contributed by atoms with van der Waals surface area (Å²) < 4.78 is 18.9. The molecule has 0 spiro atoms. The molecule has 0 atom stereocenters. The quantitative estimate of drug-likeness (QED) is 0.390. The van der Waals surface area contributed by atoms with Gasteiger partial charge in [-0.3, -0.25) is 0 Å². The van der Waals surface area contributed by atoms with Crippen LogP contribution in [-0.4, -0.2) is 16.0 Å². The number of pyridine rings is 1. The van der Waals surface area contributed by atoms with Crippen molar-refractivity contribution in [2.75, 3.05) is 0 Å². The molecule has 1 aromatic carbocycles. The van der Waals surface area contributed by atoms with Crippen molar-refractivity contribution in [3.8, 4) is 11.6 Å². The predicted molar refractivity (Wildman–Crippen MR) is 72.7 cm³/mol. The van der Waals surface area contributed by atoms with Crippen LogP contribution in [0.4, 0.5) is 4.39 Å². The third-order valence-corrected chi connectivity index (χ3v) is 2.70. The van der Waals surface area contributed by atoms with Gasteiger partial charge in [-0.2, -0.15) is 0 Å². The smallest absolute Gasteiger partial charge is 0.220 e. The van der Waals surface area contributed by atoms with Crippen LogP contribution in [-0.2, 0) is 0 Å². The summed E-state index contributed by atoms with van der Waals surface area (Å²) in [5.74, 6) is 0.175. The summed E-state index contributed by atoms with van der Waals surface area (Å²) in [7, 11) is 0. The highest BCUT2D eigenvalue weighted by Crippen LogP contribution is 2.23. The Kier molecular flexibility index (Phi) is 3.84. The number of ether oxygens (including phenoxy) is 1. The van der Waals surface area contributed by atoms with Crippen LogP contribution in [0.2, 0.25) is 0 Å². The third-order valence-electron chi connectivity index (χ3n) is 2.70. The first-order valence-corrected chi connectivity index (χ1v) is 5.90. The molecule has 0 saturated heterocycles. The Balaban J connectivity index is 2.33. The van der Waals surface area contributed by atoms with Crippen molar-refractivity contribution < 1.29 is 14.3 Å². The van der Waals surface area contributed by atoms with Crippen molar-refractivity contribution in [3.63, 3.8) is 0 Å². The minimum atomic E-state index is -0.355. The van der Waals surface area contributed by atoms with E-state index in [1.165, 1.54) is 12.1 Å². The molecule has 0 bridgehead atoms. The standard InChI is InChI=1S/C14H14FN3O2/c1-8-3-4-11(7-12(8)15)20-13-6-10(14(16)18-19)5-9(2)17-13/h3-7,19H,1-2H3,(H2,16,18). The highest BCUT2D eigenvalue weighted by molar-refractivity contribution is 5.97. The van der Waals surface area contributed by atoms with Crippen LogP contribution in [0.3, 0.4) is 0 Å². The van der Waals surface area contributed by atoms with Gasteiger partial charge in [-0.05, 0) is 31.5 Å². The monoisotopic (exact) mass is 275 g/mol. The van der Waals surface area contributed by atoms with E-state index >= 15 is 0 Å². The largest absolute Gasteiger partial charge is 0.439 e. The lowest BCUT2D eigenvalue weighted by Gasteiger charge is -2.08. The van der Waals surface area contributed by atoms with E-state index in [0.29, 0.717) is 22.6 Å². The van der Waals surface area contributed by atoms with E-state index in [9.17, 15) is 4.39 Å². The van der Waals surface area contributed by atoms with Crippen LogP contribution in [0, 0.1) is 19.7 Å². The Labute approximate surface area is 115 Å². The van der Waals surface area contributed by atoms with Gasteiger partial charge in [-0.1, -0.05) is 11.2 Å². The summed E-state index contributed by atoms with van der Waals surface area (Å²) in [6.07, 6.45) is 0. The first-order chi connectivity index (χ1) is 9.49. The maximum atomic E-state index is 13.5. The number of oxime groups is 1. The summed E-state index contributed by atoms with van der Waals surface area (Å²) in [6.45, 7) is 3.41. The van der Waals surface area contributed by atoms with E-state index in [-0.39, 0.29) is 17.5 Å². The maximum Gasteiger partial charge on any atom is 0.220 e. The average Bonchev–Trinajstić information content (AvgIpc) is 2.41. The van der Waals surface area contributed by atoms with E-state index in [2.05, 4.69) is 10.1 Å². The van der Waals surface area contributed by atoms with Gasteiger partial charge in [-0.15, -0.1) is 0 Å². The van der Waals surface area contributed by atoms with Gasteiger partial charge in [0, 0.05) is 23.4 Å². The van der Waals surface area contributed by atoms with E-state index in [1.54, 1.807) is 32.0 Å². The Hall–Kier alpha value is -2.63. The molecule has 104 valence electrons. The number of nitrogens with two attached hydrogens (primary N) is 1. The molecule has 0 aliphatic heterocycles. The second-order valence-electron chi connectivity index (χ2n) is 4.33. The van der Waals surface area contributed by atoms with Crippen molar-refractivity contribution in [2.24, 2.45) is 10.9 Å². The SMILES string of the molecule is Cc1cc(/C(N)=N/O)cc(Oc2ccc(C)c(F)c2)n1. The van der Waals surface area contributed by atoms with Crippen LogP contribution in [0.25, 0.3) is 0 Å². The van der Waals surface area contributed by atoms with Crippen molar-refractivity contribution in [3.05, 3.63) is 53.0 Å². The maximum absolute atomic E-state index is 13.5. The second-order valence-corrected chi connectivity index (χ2v) is 4.33. The fraction of sp³-hybridized carbons (Fsp3) is 0.143. The third kappa shape index (κ3) is 3.03. The summed E-state index contributed by atoms with van der Waals surface area (Å²) in [4.78, 5) is 4.16. The zero-order valence-corrected chi connectivity index (χ0v) is 11.1. The molecule has 1 aromatic heterocycles. The lowest BCUT2D eigenvalue weighted by molar-refractivity contribution is 0.318. The number of aromatic nitrogens is 1. The lowest BCUT2D eigenvalue weighted by Crippen LogP contribution is -2.13. The van der Waals surface area contributed by atoms with E-state index in [0.717, 1.165) is 0 Å². The van der Waals surface area contributed by atoms with E-state index in [1.807, 2.05) is 0 Å². The van der Waals surface area contributed by atoms with Crippen molar-refractivity contribution in [1.82, 2.24) is 4.98 Å². The molecular weight excluding hydrogens is 261 g/mol. The van der Waals surface area contributed by atoms with Gasteiger partial charge in [0.05, 0.1) is 0 Å². The molecule has 0 aliphatic carbocycles. The summed E-state index contributed by atoms with van der Waals surface area (Å²) in [5.41, 5.74) is 7.17. The van der Waals surface area contributed by atoms with Crippen molar-refractivity contribution in [1.29, 1.82) is 0 Å². The predicted octanol–water partition coefficient (Wildman–Crippen LogP) is 2.72. The van der Waals surface area contributed by atoms with Crippen LogP contribution in [0.15, 0.2) is 35.5 Å². The molecule has 5 nitrogen and oxygen atoms in total. The Morgan fingerprint density at radius 2 is 2.05 bits per heavy atom. The van der Waals surface area contributed by atoms with Gasteiger partial charge in [0.25, 0.3) is 0 Å². The van der Waals surface area contributed by atoms with Crippen LogP contribution >= 0.6 is 0 Å². The number of benzene rings is 1. The summed E-state index contributed by atoms with van der Waals surface area (Å²) in [6, 6.07) is 7.70. The van der Waals surface area contributed by atoms with Gasteiger partial charge in [0.15, 0.2) is 5.84 Å². The van der Waals surface area contributed by atoms with Crippen LogP contribution < -0.4 is 10.5 Å². The number of halogens is 1. The average molecular weight is 275 g/mol. The molecule has 0 saturated carbocycles. The summed E-state index contributed by atoms with van der Waals surface area (Å²) >= 11 is 0. The minimum Gasteiger partial charge on any atom is -0.439 e. The van der Waals surface area contributed by atoms with Crippen molar-refractivity contribution in [2.45, 2.75) is 13.8 Å². The van der Waals surface area contributed by atoms with Gasteiger partial charge in [0.1, 0.15) is 11.6 Å². The molecule has 0 radical (unpaired) electrons. The number of hydrogen-bond donors (Lipinski definition) is 2. The molecule has 20 heavy (non-hydrogen) atoms. The Morgan fingerprint density at radius 3 is 2.70 bits per heavy atom. The number of hydrogen-bond acceptors (Lipinski definition) is 4. The van der Waals surface area contributed by atoms with E-state index in [4.69, 9.17) is 15.7 Å². The fourth-order valence-corrected chi connectivity index (χ4v) is 1.65.